The number of hydrogen-bond donors (Lipinski definition) is 1. The summed E-state index contributed by atoms with van der Waals surface area (Å²) in [4.78, 5) is 4.25. The van der Waals surface area contributed by atoms with Crippen molar-refractivity contribution in [3.05, 3.63) is 53.7 Å². The molecule has 23 heavy (non-hydrogen) atoms. The van der Waals surface area contributed by atoms with E-state index < -0.39 is 17.8 Å². The van der Waals surface area contributed by atoms with Crippen LogP contribution < -0.4 is 0 Å². The molecule has 0 saturated carbocycles. The highest BCUT2D eigenvalue weighted by atomic mass is 19.4. The van der Waals surface area contributed by atoms with Crippen molar-refractivity contribution in [1.29, 1.82) is 0 Å². The molecule has 0 aliphatic heterocycles. The molecule has 2 rings (SSSR count). The van der Waals surface area contributed by atoms with Gasteiger partial charge < -0.3 is 5.11 Å². The Kier molecular flexibility index (Phi) is 4.80. The first-order valence-electron chi connectivity index (χ1n) is 7.38. The van der Waals surface area contributed by atoms with Gasteiger partial charge in [0.2, 0.25) is 0 Å². The molecule has 2 aromatic rings. The first-order valence-corrected chi connectivity index (χ1v) is 7.38. The van der Waals surface area contributed by atoms with Crippen LogP contribution in [-0.2, 0) is 6.18 Å². The van der Waals surface area contributed by atoms with Crippen LogP contribution in [0.3, 0.4) is 0 Å². The van der Waals surface area contributed by atoms with Crippen LogP contribution in [0.4, 0.5) is 13.2 Å². The summed E-state index contributed by atoms with van der Waals surface area (Å²) in [6, 6.07) is 8.35. The Balaban J connectivity index is 2.16. The van der Waals surface area contributed by atoms with Crippen LogP contribution in [0.2, 0.25) is 0 Å². The van der Waals surface area contributed by atoms with Crippen molar-refractivity contribution in [3.8, 4) is 11.3 Å². The van der Waals surface area contributed by atoms with Gasteiger partial charge in [0.15, 0.2) is 0 Å². The molecule has 1 aromatic heterocycles. The standard InChI is InChI=1S/C18H20F3NO/c1-17(2,3)10-16(23)13-6-9-15(22-11-13)12-4-7-14(8-5-12)18(19,20)21/h4-9,11,16,23H,10H2,1-3H3. The van der Waals surface area contributed by atoms with E-state index in [-0.39, 0.29) is 5.41 Å². The van der Waals surface area contributed by atoms with Gasteiger partial charge in [0.05, 0.1) is 17.4 Å². The van der Waals surface area contributed by atoms with E-state index in [9.17, 15) is 18.3 Å². The fourth-order valence-corrected chi connectivity index (χ4v) is 2.30. The number of aliphatic hydroxyl groups excluding tert-OH is 1. The number of rotatable bonds is 3. The summed E-state index contributed by atoms with van der Waals surface area (Å²) in [5, 5.41) is 10.2. The molecule has 1 N–H and O–H groups in total. The van der Waals surface area contributed by atoms with Crippen LogP contribution >= 0.6 is 0 Å². The molecule has 0 amide bonds. The summed E-state index contributed by atoms with van der Waals surface area (Å²) in [5.41, 5.74) is 1.19. The normalized spacial score (nSPS) is 13.9. The fraction of sp³-hybridized carbons (Fsp3) is 0.389. The molecule has 0 spiro atoms. The van der Waals surface area contributed by atoms with E-state index in [0.717, 1.165) is 12.1 Å². The third-order valence-electron chi connectivity index (χ3n) is 3.48. The van der Waals surface area contributed by atoms with Crippen molar-refractivity contribution in [3.63, 3.8) is 0 Å². The number of nitrogens with zero attached hydrogens (tertiary/aromatic N) is 1. The highest BCUT2D eigenvalue weighted by Gasteiger charge is 2.30. The Bertz CT molecular complexity index is 640. The number of halogens is 3. The van der Waals surface area contributed by atoms with Gasteiger partial charge >= 0.3 is 6.18 Å². The lowest BCUT2D eigenvalue weighted by atomic mass is 9.87. The summed E-state index contributed by atoms with van der Waals surface area (Å²) < 4.78 is 37.7. The second-order valence-electron chi connectivity index (χ2n) is 6.83. The van der Waals surface area contributed by atoms with E-state index in [1.165, 1.54) is 12.1 Å². The molecular weight excluding hydrogens is 303 g/mol. The SMILES string of the molecule is CC(C)(C)CC(O)c1ccc(-c2ccc(C(F)(F)F)cc2)nc1. The molecule has 1 heterocycles. The van der Waals surface area contributed by atoms with Crippen LogP contribution in [0.15, 0.2) is 42.6 Å². The largest absolute Gasteiger partial charge is 0.416 e. The van der Waals surface area contributed by atoms with E-state index in [2.05, 4.69) is 4.98 Å². The second-order valence-corrected chi connectivity index (χ2v) is 6.83. The summed E-state index contributed by atoms with van der Waals surface area (Å²) in [7, 11) is 0. The zero-order valence-corrected chi connectivity index (χ0v) is 13.4. The number of alkyl halides is 3. The topological polar surface area (TPSA) is 33.1 Å². The van der Waals surface area contributed by atoms with Crippen LogP contribution in [0.5, 0.6) is 0 Å². The molecule has 0 bridgehead atoms. The maximum absolute atomic E-state index is 12.6. The highest BCUT2D eigenvalue weighted by Crippen LogP contribution is 2.32. The number of benzene rings is 1. The van der Waals surface area contributed by atoms with E-state index in [1.807, 2.05) is 20.8 Å². The minimum absolute atomic E-state index is 0.00842. The molecule has 1 unspecified atom stereocenters. The second kappa shape index (κ2) is 6.32. The maximum Gasteiger partial charge on any atom is 0.416 e. The van der Waals surface area contributed by atoms with Crippen LogP contribution in [-0.4, -0.2) is 10.1 Å². The van der Waals surface area contributed by atoms with Crippen molar-refractivity contribution in [1.82, 2.24) is 4.98 Å². The van der Waals surface area contributed by atoms with Crippen molar-refractivity contribution in [2.45, 2.75) is 39.5 Å². The lowest BCUT2D eigenvalue weighted by Crippen LogP contribution is -2.11. The van der Waals surface area contributed by atoms with Gasteiger partial charge in [-0.1, -0.05) is 39.0 Å². The first kappa shape index (κ1) is 17.5. The zero-order chi connectivity index (χ0) is 17.3. The number of aromatic nitrogens is 1. The Morgan fingerprint density at radius 3 is 2.04 bits per heavy atom. The Hall–Kier alpha value is -1.88. The summed E-state index contributed by atoms with van der Waals surface area (Å²) in [6.45, 7) is 6.13. The predicted octanol–water partition coefficient (Wildman–Crippen LogP) is 5.24. The van der Waals surface area contributed by atoms with Gasteiger partial charge in [-0.25, -0.2) is 0 Å². The maximum atomic E-state index is 12.6. The summed E-state index contributed by atoms with van der Waals surface area (Å²) in [6.07, 6.45) is -2.77. The average Bonchev–Trinajstić information content (AvgIpc) is 2.45. The molecule has 0 fully saturated rings. The van der Waals surface area contributed by atoms with Crippen molar-refractivity contribution in [2.75, 3.05) is 0 Å². The van der Waals surface area contributed by atoms with Crippen LogP contribution in [0.1, 0.15) is 44.4 Å². The van der Waals surface area contributed by atoms with Gasteiger partial charge in [-0.15, -0.1) is 0 Å². The van der Waals surface area contributed by atoms with Gasteiger partial charge in [-0.3, -0.25) is 4.98 Å². The minimum Gasteiger partial charge on any atom is -0.388 e. The molecule has 2 nitrogen and oxygen atoms in total. The van der Waals surface area contributed by atoms with Crippen molar-refractivity contribution in [2.24, 2.45) is 5.41 Å². The van der Waals surface area contributed by atoms with E-state index >= 15 is 0 Å². The number of pyridine rings is 1. The number of aliphatic hydroxyl groups is 1. The lowest BCUT2D eigenvalue weighted by molar-refractivity contribution is -0.137. The third kappa shape index (κ3) is 4.79. The van der Waals surface area contributed by atoms with E-state index in [0.29, 0.717) is 23.2 Å². The molecule has 0 aliphatic rings. The smallest absolute Gasteiger partial charge is 0.388 e. The molecule has 1 aromatic carbocycles. The average molecular weight is 323 g/mol. The Morgan fingerprint density at radius 1 is 1.00 bits per heavy atom. The van der Waals surface area contributed by atoms with Gasteiger partial charge in [0.1, 0.15) is 0 Å². The summed E-state index contributed by atoms with van der Waals surface area (Å²) in [5.74, 6) is 0. The van der Waals surface area contributed by atoms with Crippen molar-refractivity contribution >= 4 is 0 Å². The quantitative estimate of drug-likeness (QED) is 0.838. The molecule has 0 saturated heterocycles. The van der Waals surface area contributed by atoms with Gasteiger partial charge in [-0.2, -0.15) is 13.2 Å². The van der Waals surface area contributed by atoms with E-state index in [4.69, 9.17) is 0 Å². The minimum atomic E-state index is -4.34. The third-order valence-corrected chi connectivity index (χ3v) is 3.48. The Morgan fingerprint density at radius 2 is 1.61 bits per heavy atom. The highest BCUT2D eigenvalue weighted by molar-refractivity contribution is 5.59. The molecule has 1 atom stereocenters. The molecule has 0 aliphatic carbocycles. The molecule has 124 valence electrons. The fourth-order valence-electron chi connectivity index (χ4n) is 2.30. The lowest BCUT2D eigenvalue weighted by Gasteiger charge is -2.22. The van der Waals surface area contributed by atoms with Crippen LogP contribution in [0, 0.1) is 5.41 Å². The van der Waals surface area contributed by atoms with Gasteiger partial charge in [0, 0.05) is 11.8 Å². The summed E-state index contributed by atoms with van der Waals surface area (Å²) >= 11 is 0. The molecule has 0 radical (unpaired) electrons. The molecular formula is C18H20F3NO. The van der Waals surface area contributed by atoms with Crippen molar-refractivity contribution < 1.29 is 18.3 Å². The Labute approximate surface area is 134 Å². The van der Waals surface area contributed by atoms with Gasteiger partial charge in [0.25, 0.3) is 0 Å². The molecule has 5 heteroatoms. The van der Waals surface area contributed by atoms with E-state index in [1.54, 1.807) is 18.3 Å². The first-order chi connectivity index (χ1) is 10.6. The van der Waals surface area contributed by atoms with Gasteiger partial charge in [-0.05, 0) is 35.6 Å². The monoisotopic (exact) mass is 323 g/mol. The van der Waals surface area contributed by atoms with Crippen LogP contribution in [0.25, 0.3) is 11.3 Å². The number of hydrogen-bond acceptors (Lipinski definition) is 2. The predicted molar refractivity (Wildman–Crippen MR) is 83.7 cm³/mol. The zero-order valence-electron chi connectivity index (χ0n) is 13.4.